The molecule has 34 heavy (non-hydrogen) atoms. The first kappa shape index (κ1) is 24.6. The molecule has 0 spiro atoms. The molecule has 0 atom stereocenters. The number of rotatable bonds is 6. The molecule has 4 aromatic rings. The third kappa shape index (κ3) is 5.93. The van der Waals surface area contributed by atoms with E-state index >= 15 is 0 Å². The Morgan fingerprint density at radius 3 is 2.15 bits per heavy atom. The Bertz CT molecular complexity index is 1300. The van der Waals surface area contributed by atoms with Gasteiger partial charge in [0, 0.05) is 20.5 Å². The van der Waals surface area contributed by atoms with E-state index in [1.165, 1.54) is 10.5 Å². The molecule has 3 aromatic carbocycles. The van der Waals surface area contributed by atoms with Gasteiger partial charge in [0.2, 0.25) is 0 Å². The number of halogens is 1. The number of aromatic nitrogens is 1. The third-order valence-corrected chi connectivity index (χ3v) is 8.11. The maximum atomic E-state index is 10.1. The molecule has 170 valence electrons. The average Bonchev–Trinajstić information content (AvgIpc) is 2.84. The lowest BCUT2D eigenvalue weighted by atomic mass is 9.87. The van der Waals surface area contributed by atoms with Gasteiger partial charge in [0.1, 0.15) is 11.1 Å². The minimum Gasteiger partial charge on any atom is -0.240 e. The normalized spacial score (nSPS) is 11.3. The molecular formula is C29H25BrN2S2. The maximum absolute atomic E-state index is 10.1. The van der Waals surface area contributed by atoms with Gasteiger partial charge in [-0.1, -0.05) is 103 Å². The predicted octanol–water partition coefficient (Wildman–Crippen LogP) is 9.19. The molecule has 0 aliphatic heterocycles. The average molecular weight is 546 g/mol. The summed E-state index contributed by atoms with van der Waals surface area (Å²) in [5, 5.41) is 11.6. The van der Waals surface area contributed by atoms with Crippen LogP contribution in [0.4, 0.5) is 0 Å². The van der Waals surface area contributed by atoms with Gasteiger partial charge in [0.15, 0.2) is 0 Å². The summed E-state index contributed by atoms with van der Waals surface area (Å²) in [4.78, 5) is 6.13. The smallest absolute Gasteiger partial charge is 0.116 e. The molecule has 0 aliphatic rings. The predicted molar refractivity (Wildman–Crippen MR) is 149 cm³/mol. The van der Waals surface area contributed by atoms with Crippen molar-refractivity contribution in [2.24, 2.45) is 0 Å². The summed E-state index contributed by atoms with van der Waals surface area (Å²) in [6.45, 7) is 6.68. The van der Waals surface area contributed by atoms with Crippen LogP contribution < -0.4 is 0 Å². The first-order valence-electron chi connectivity index (χ1n) is 11.0. The highest BCUT2D eigenvalue weighted by atomic mass is 79.9. The monoisotopic (exact) mass is 544 g/mol. The Hall–Kier alpha value is -2.52. The molecule has 0 bridgehead atoms. The zero-order valence-corrected chi connectivity index (χ0v) is 22.6. The number of benzene rings is 3. The Balaban J connectivity index is 1.64. The van der Waals surface area contributed by atoms with Gasteiger partial charge in [-0.25, -0.2) is 4.98 Å². The molecule has 0 radical (unpaired) electrons. The molecule has 0 saturated carbocycles. The zero-order valence-electron chi connectivity index (χ0n) is 19.4. The van der Waals surface area contributed by atoms with Crippen molar-refractivity contribution in [3.63, 3.8) is 0 Å². The van der Waals surface area contributed by atoms with Crippen molar-refractivity contribution in [1.29, 1.82) is 5.26 Å². The van der Waals surface area contributed by atoms with Crippen LogP contribution in [0.5, 0.6) is 0 Å². The fraction of sp³-hybridized carbons (Fsp3) is 0.172. The van der Waals surface area contributed by atoms with E-state index in [1.807, 2.05) is 60.7 Å². The molecule has 4 rings (SSSR count). The van der Waals surface area contributed by atoms with E-state index in [-0.39, 0.29) is 5.41 Å². The van der Waals surface area contributed by atoms with E-state index in [4.69, 9.17) is 4.98 Å². The summed E-state index contributed by atoms with van der Waals surface area (Å²) in [5.41, 5.74) is 5.92. The quantitative estimate of drug-likeness (QED) is 0.179. The van der Waals surface area contributed by atoms with Gasteiger partial charge in [0.05, 0.1) is 16.3 Å². The summed E-state index contributed by atoms with van der Waals surface area (Å²) >= 11 is 6.89. The minimum absolute atomic E-state index is 0.144. The van der Waals surface area contributed by atoms with Crippen molar-refractivity contribution in [3.05, 3.63) is 101 Å². The van der Waals surface area contributed by atoms with Crippen LogP contribution in [0, 0.1) is 11.3 Å². The van der Waals surface area contributed by atoms with Crippen LogP contribution in [0.25, 0.3) is 22.4 Å². The zero-order chi connectivity index (χ0) is 24.1. The van der Waals surface area contributed by atoms with Crippen LogP contribution in [-0.4, -0.2) is 10.1 Å². The number of nitriles is 1. The molecule has 0 fully saturated rings. The van der Waals surface area contributed by atoms with Crippen molar-refractivity contribution >= 4 is 39.5 Å². The lowest BCUT2D eigenvalue weighted by Crippen LogP contribution is -2.10. The molecular weight excluding hydrogens is 520 g/mol. The van der Waals surface area contributed by atoms with Gasteiger partial charge in [-0.3, -0.25) is 0 Å². The van der Waals surface area contributed by atoms with Crippen molar-refractivity contribution in [2.45, 2.75) is 36.1 Å². The molecule has 5 heteroatoms. The maximum Gasteiger partial charge on any atom is 0.116 e. The first-order chi connectivity index (χ1) is 16.3. The Morgan fingerprint density at radius 1 is 0.853 bits per heavy atom. The van der Waals surface area contributed by atoms with Gasteiger partial charge in [-0.05, 0) is 46.9 Å². The Labute approximate surface area is 219 Å². The second kappa shape index (κ2) is 10.8. The first-order valence-corrected chi connectivity index (χ1v) is 13.7. The van der Waals surface area contributed by atoms with Crippen LogP contribution in [0.2, 0.25) is 0 Å². The van der Waals surface area contributed by atoms with Gasteiger partial charge in [-0.15, -0.1) is 11.8 Å². The van der Waals surface area contributed by atoms with Crippen molar-refractivity contribution in [2.75, 3.05) is 5.08 Å². The van der Waals surface area contributed by atoms with Crippen molar-refractivity contribution in [3.8, 4) is 28.5 Å². The van der Waals surface area contributed by atoms with Crippen molar-refractivity contribution in [1.82, 2.24) is 4.98 Å². The number of hydrogen-bond donors (Lipinski definition) is 0. The van der Waals surface area contributed by atoms with E-state index in [2.05, 4.69) is 67.0 Å². The topological polar surface area (TPSA) is 36.7 Å². The standard InChI is InChI=1S/C29H25BrN2S2/c1-29(2,3)22-11-15-24(16-12-22)33-19-34-28-26(18-31)25(20-7-5-4-6-8-20)17-27(32-28)21-9-13-23(30)14-10-21/h4-17H,19H2,1-3H3. The summed E-state index contributed by atoms with van der Waals surface area (Å²) < 4.78 is 1.02. The van der Waals surface area contributed by atoms with E-state index in [0.29, 0.717) is 5.56 Å². The van der Waals surface area contributed by atoms with E-state index in [9.17, 15) is 5.26 Å². The Morgan fingerprint density at radius 2 is 1.53 bits per heavy atom. The molecule has 0 aliphatic carbocycles. The van der Waals surface area contributed by atoms with Gasteiger partial charge < -0.3 is 0 Å². The molecule has 2 nitrogen and oxygen atoms in total. The summed E-state index contributed by atoms with van der Waals surface area (Å²) in [6, 6.07) is 31.4. The van der Waals surface area contributed by atoms with Crippen LogP contribution in [0.1, 0.15) is 31.9 Å². The number of hydrogen-bond acceptors (Lipinski definition) is 4. The highest BCUT2D eigenvalue weighted by molar-refractivity contribution is 9.10. The van der Waals surface area contributed by atoms with E-state index in [1.54, 1.807) is 23.5 Å². The lowest BCUT2D eigenvalue weighted by molar-refractivity contribution is 0.590. The molecule has 0 amide bonds. The van der Waals surface area contributed by atoms with E-state index in [0.717, 1.165) is 37.0 Å². The van der Waals surface area contributed by atoms with E-state index < -0.39 is 0 Å². The fourth-order valence-corrected chi connectivity index (χ4v) is 5.83. The summed E-state index contributed by atoms with van der Waals surface area (Å²) in [5.74, 6) is 0. The van der Waals surface area contributed by atoms with Crippen LogP contribution in [-0.2, 0) is 5.41 Å². The van der Waals surface area contributed by atoms with Crippen LogP contribution in [0.3, 0.4) is 0 Å². The third-order valence-electron chi connectivity index (χ3n) is 5.46. The molecule has 1 aromatic heterocycles. The summed E-state index contributed by atoms with van der Waals surface area (Å²) in [6.07, 6.45) is 0. The second-order valence-corrected chi connectivity index (χ2v) is 12.2. The highest BCUT2D eigenvalue weighted by Gasteiger charge is 2.16. The summed E-state index contributed by atoms with van der Waals surface area (Å²) in [7, 11) is 0. The number of nitrogens with zero attached hydrogens (tertiary/aromatic N) is 2. The fourth-order valence-electron chi connectivity index (χ4n) is 3.55. The largest absolute Gasteiger partial charge is 0.240 e. The van der Waals surface area contributed by atoms with Crippen LogP contribution >= 0.6 is 39.5 Å². The molecule has 0 saturated heterocycles. The molecule has 0 N–H and O–H groups in total. The van der Waals surface area contributed by atoms with Crippen LogP contribution in [0.15, 0.2) is 99.3 Å². The van der Waals surface area contributed by atoms with Gasteiger partial charge in [-0.2, -0.15) is 5.26 Å². The second-order valence-electron chi connectivity index (χ2n) is 8.90. The molecule has 0 unspecified atom stereocenters. The number of pyridine rings is 1. The van der Waals surface area contributed by atoms with Crippen molar-refractivity contribution < 1.29 is 0 Å². The molecule has 1 heterocycles. The van der Waals surface area contributed by atoms with Gasteiger partial charge in [0.25, 0.3) is 0 Å². The highest BCUT2D eigenvalue weighted by Crippen LogP contribution is 2.37. The minimum atomic E-state index is 0.144. The number of thioether (sulfide) groups is 2. The van der Waals surface area contributed by atoms with Gasteiger partial charge >= 0.3 is 0 Å². The SMILES string of the molecule is CC(C)(C)c1ccc(SCSc2nc(-c3ccc(Br)cc3)cc(-c3ccccc3)c2C#N)cc1. The Kier molecular flexibility index (Phi) is 7.83. The lowest BCUT2D eigenvalue weighted by Gasteiger charge is -2.19.